The molecule has 0 fully saturated rings. The normalized spacial score (nSPS) is 12.5. The summed E-state index contributed by atoms with van der Waals surface area (Å²) < 4.78 is 0. The van der Waals surface area contributed by atoms with Crippen LogP contribution in [0.25, 0.3) is 0 Å². The molecule has 0 aliphatic carbocycles. The third kappa shape index (κ3) is 3.10. The minimum absolute atomic E-state index is 0.0383. The Balaban J connectivity index is 2.42. The molecule has 0 radical (unpaired) electrons. The number of hydrogen-bond donors (Lipinski definition) is 2. The van der Waals surface area contributed by atoms with E-state index in [4.69, 9.17) is 0 Å². The summed E-state index contributed by atoms with van der Waals surface area (Å²) >= 11 is 1.51. The van der Waals surface area contributed by atoms with E-state index in [0.717, 1.165) is 5.82 Å². The van der Waals surface area contributed by atoms with Gasteiger partial charge in [0.05, 0.1) is 11.8 Å². The molecule has 1 amide bonds. The van der Waals surface area contributed by atoms with Crippen molar-refractivity contribution in [3.8, 4) is 0 Å². The van der Waals surface area contributed by atoms with Crippen molar-refractivity contribution in [2.24, 2.45) is 0 Å². The Bertz CT molecular complexity index is 260. The lowest BCUT2D eigenvalue weighted by molar-refractivity contribution is -0.119. The van der Waals surface area contributed by atoms with Crippen LogP contribution < -0.4 is 5.32 Å². The number of nitrogens with zero attached hydrogens (tertiary/aromatic N) is 1. The number of aromatic nitrogens is 2. The van der Waals surface area contributed by atoms with Crippen LogP contribution >= 0.6 is 11.8 Å². The predicted molar refractivity (Wildman–Crippen MR) is 53.5 cm³/mol. The number of aromatic amines is 1. The average Bonchev–Trinajstić information content (AvgIpc) is 2.55. The van der Waals surface area contributed by atoms with E-state index in [1.165, 1.54) is 11.8 Å². The summed E-state index contributed by atoms with van der Waals surface area (Å²) in [5.41, 5.74) is 0. The molecule has 1 unspecified atom stereocenters. The van der Waals surface area contributed by atoms with Gasteiger partial charge in [-0.05, 0) is 13.2 Å². The summed E-state index contributed by atoms with van der Waals surface area (Å²) in [6.07, 6.45) is 5.32. The Morgan fingerprint density at radius 2 is 2.62 bits per heavy atom. The van der Waals surface area contributed by atoms with Gasteiger partial charge in [0, 0.05) is 12.4 Å². The van der Waals surface area contributed by atoms with Crippen LogP contribution in [0, 0.1) is 0 Å². The fourth-order valence-electron chi connectivity index (χ4n) is 0.997. The second kappa shape index (κ2) is 4.91. The Hall–Kier alpha value is -0.970. The molecule has 0 spiro atoms. The summed E-state index contributed by atoms with van der Waals surface area (Å²) in [5, 5.41) is 2.83. The molecule has 1 aromatic rings. The number of nitrogens with one attached hydrogen (secondary N) is 2. The van der Waals surface area contributed by atoms with Crippen molar-refractivity contribution in [3.05, 3.63) is 18.2 Å². The van der Waals surface area contributed by atoms with Crippen molar-refractivity contribution in [1.29, 1.82) is 0 Å². The molecule has 1 atom stereocenters. The van der Waals surface area contributed by atoms with Crippen molar-refractivity contribution in [3.63, 3.8) is 0 Å². The van der Waals surface area contributed by atoms with E-state index in [1.807, 2.05) is 13.2 Å². The molecular weight excluding hydrogens is 186 g/mol. The van der Waals surface area contributed by atoms with Crippen LogP contribution in [0.1, 0.15) is 18.8 Å². The number of carbonyl (C=O) groups is 1. The summed E-state index contributed by atoms with van der Waals surface area (Å²) in [5.74, 6) is 1.32. The van der Waals surface area contributed by atoms with Crippen LogP contribution in [0.3, 0.4) is 0 Å². The lowest BCUT2D eigenvalue weighted by Crippen LogP contribution is -2.28. The zero-order chi connectivity index (χ0) is 9.68. The second-order valence-corrected chi connectivity index (χ2v) is 3.56. The number of imidazole rings is 1. The number of H-pyrrole nitrogens is 1. The molecule has 0 bridgehead atoms. The Morgan fingerprint density at radius 1 is 1.85 bits per heavy atom. The summed E-state index contributed by atoms with van der Waals surface area (Å²) in [6, 6.07) is -0.0466. The van der Waals surface area contributed by atoms with Crippen LogP contribution in [0.4, 0.5) is 0 Å². The van der Waals surface area contributed by atoms with Gasteiger partial charge in [0.1, 0.15) is 5.82 Å². The van der Waals surface area contributed by atoms with Gasteiger partial charge in [-0.25, -0.2) is 4.98 Å². The Kier molecular flexibility index (Phi) is 3.82. The molecule has 4 nitrogen and oxygen atoms in total. The first kappa shape index (κ1) is 10.1. The third-order valence-electron chi connectivity index (χ3n) is 1.58. The van der Waals surface area contributed by atoms with E-state index >= 15 is 0 Å². The van der Waals surface area contributed by atoms with Gasteiger partial charge < -0.3 is 10.3 Å². The number of carbonyl (C=O) groups excluding carboxylic acids is 1. The van der Waals surface area contributed by atoms with Crippen molar-refractivity contribution < 1.29 is 4.79 Å². The highest BCUT2D eigenvalue weighted by Gasteiger charge is 2.09. The third-order valence-corrected chi connectivity index (χ3v) is 2.13. The summed E-state index contributed by atoms with van der Waals surface area (Å²) in [4.78, 5) is 18.2. The van der Waals surface area contributed by atoms with Crippen molar-refractivity contribution in [2.45, 2.75) is 13.0 Å². The number of rotatable bonds is 4. The first-order valence-electron chi connectivity index (χ1n) is 4.01. The fraction of sp³-hybridized carbons (Fsp3) is 0.500. The van der Waals surface area contributed by atoms with Gasteiger partial charge in [0.25, 0.3) is 0 Å². The molecule has 13 heavy (non-hydrogen) atoms. The van der Waals surface area contributed by atoms with Gasteiger partial charge in [-0.3, -0.25) is 4.79 Å². The lowest BCUT2D eigenvalue weighted by Gasteiger charge is -2.10. The van der Waals surface area contributed by atoms with Crippen LogP contribution in [0.5, 0.6) is 0 Å². The minimum Gasteiger partial charge on any atom is -0.347 e. The molecule has 0 aliphatic heterocycles. The average molecular weight is 199 g/mol. The topological polar surface area (TPSA) is 57.8 Å². The summed E-state index contributed by atoms with van der Waals surface area (Å²) in [6.45, 7) is 1.90. The molecule has 1 rings (SSSR count). The Labute approximate surface area is 81.5 Å². The maximum Gasteiger partial charge on any atom is 0.230 e. The Morgan fingerprint density at radius 3 is 3.15 bits per heavy atom. The molecule has 1 heterocycles. The lowest BCUT2D eigenvalue weighted by atomic mass is 10.3. The zero-order valence-corrected chi connectivity index (χ0v) is 8.52. The minimum atomic E-state index is -0.0466. The van der Waals surface area contributed by atoms with Crippen LogP contribution in [0.2, 0.25) is 0 Å². The van der Waals surface area contributed by atoms with E-state index in [2.05, 4.69) is 15.3 Å². The van der Waals surface area contributed by atoms with E-state index in [0.29, 0.717) is 5.75 Å². The van der Waals surface area contributed by atoms with E-state index < -0.39 is 0 Å². The van der Waals surface area contributed by atoms with Crippen molar-refractivity contribution in [2.75, 3.05) is 12.0 Å². The molecule has 5 heteroatoms. The predicted octanol–water partition coefficient (Wildman–Crippen LogP) is 0.950. The molecule has 0 saturated heterocycles. The molecular formula is C8H13N3OS. The summed E-state index contributed by atoms with van der Waals surface area (Å²) in [7, 11) is 0. The molecule has 1 aromatic heterocycles. The van der Waals surface area contributed by atoms with Crippen LogP contribution in [0.15, 0.2) is 12.4 Å². The van der Waals surface area contributed by atoms with Gasteiger partial charge >= 0.3 is 0 Å². The molecule has 0 aliphatic rings. The smallest absolute Gasteiger partial charge is 0.230 e. The van der Waals surface area contributed by atoms with E-state index in [-0.39, 0.29) is 11.9 Å². The van der Waals surface area contributed by atoms with Gasteiger partial charge in [-0.1, -0.05) is 0 Å². The van der Waals surface area contributed by atoms with Gasteiger partial charge in [0.15, 0.2) is 0 Å². The number of hydrogen-bond acceptors (Lipinski definition) is 3. The number of amides is 1. The maximum atomic E-state index is 11.2. The van der Waals surface area contributed by atoms with Crippen molar-refractivity contribution in [1.82, 2.24) is 15.3 Å². The van der Waals surface area contributed by atoms with E-state index in [1.54, 1.807) is 12.4 Å². The quantitative estimate of drug-likeness (QED) is 0.759. The number of thioether (sulfide) groups is 1. The first-order chi connectivity index (χ1) is 6.24. The fourth-order valence-corrected chi connectivity index (χ4v) is 1.34. The standard InChI is InChI=1S/C8H13N3OS/c1-6(8-9-3-4-10-8)11-7(12)5-13-2/h3-4,6H,5H2,1-2H3,(H,9,10)(H,11,12). The highest BCUT2D eigenvalue weighted by atomic mass is 32.2. The first-order valence-corrected chi connectivity index (χ1v) is 5.41. The van der Waals surface area contributed by atoms with Gasteiger partial charge in [-0.15, -0.1) is 0 Å². The van der Waals surface area contributed by atoms with E-state index in [9.17, 15) is 4.79 Å². The molecule has 0 saturated carbocycles. The molecule has 2 N–H and O–H groups in total. The molecule has 0 aromatic carbocycles. The van der Waals surface area contributed by atoms with Crippen molar-refractivity contribution >= 4 is 17.7 Å². The van der Waals surface area contributed by atoms with Crippen LogP contribution in [-0.2, 0) is 4.79 Å². The molecule has 72 valence electrons. The van der Waals surface area contributed by atoms with Crippen LogP contribution in [-0.4, -0.2) is 27.9 Å². The maximum absolute atomic E-state index is 11.2. The monoisotopic (exact) mass is 199 g/mol. The van der Waals surface area contributed by atoms with Gasteiger partial charge in [0.2, 0.25) is 5.91 Å². The highest BCUT2D eigenvalue weighted by Crippen LogP contribution is 2.05. The second-order valence-electron chi connectivity index (χ2n) is 2.70. The highest BCUT2D eigenvalue weighted by molar-refractivity contribution is 7.99. The largest absolute Gasteiger partial charge is 0.347 e. The SMILES string of the molecule is CSCC(=O)NC(C)c1ncc[nH]1. The van der Waals surface area contributed by atoms with Gasteiger partial charge in [-0.2, -0.15) is 11.8 Å². The zero-order valence-electron chi connectivity index (χ0n) is 7.70.